The topological polar surface area (TPSA) is 21.3 Å². The van der Waals surface area contributed by atoms with E-state index in [4.69, 9.17) is 4.74 Å². The van der Waals surface area contributed by atoms with Crippen molar-refractivity contribution in [3.8, 4) is 5.75 Å². The van der Waals surface area contributed by atoms with Crippen molar-refractivity contribution in [1.29, 1.82) is 0 Å². The van der Waals surface area contributed by atoms with E-state index in [9.17, 15) is 4.39 Å². The highest BCUT2D eigenvalue weighted by molar-refractivity contribution is 9.10. The summed E-state index contributed by atoms with van der Waals surface area (Å²) in [7, 11) is 1.63. The molecule has 2 nitrogen and oxygen atoms in total. The van der Waals surface area contributed by atoms with Gasteiger partial charge < -0.3 is 10.1 Å². The Kier molecular flexibility index (Phi) is 4.82. The Morgan fingerprint density at radius 1 is 1.16 bits per heavy atom. The third kappa shape index (κ3) is 3.70. The van der Waals surface area contributed by atoms with Crippen LogP contribution in [0, 0.1) is 5.82 Å². The molecule has 0 aromatic heterocycles. The van der Waals surface area contributed by atoms with E-state index < -0.39 is 0 Å². The number of halogens is 3. The van der Waals surface area contributed by atoms with E-state index in [1.165, 1.54) is 12.1 Å². The molecule has 0 unspecified atom stereocenters. The Bertz CT molecular complexity index is 590. The highest BCUT2D eigenvalue weighted by Crippen LogP contribution is 2.27. The van der Waals surface area contributed by atoms with Gasteiger partial charge in [0, 0.05) is 21.1 Å². The normalized spacial score (nSPS) is 10.3. The third-order valence-electron chi connectivity index (χ3n) is 2.64. The maximum absolute atomic E-state index is 13.2. The molecule has 0 aliphatic heterocycles. The number of nitrogens with one attached hydrogen (secondary N) is 1. The molecule has 100 valence electrons. The van der Waals surface area contributed by atoms with E-state index in [0.717, 1.165) is 20.3 Å². The fourth-order valence-corrected chi connectivity index (χ4v) is 2.50. The van der Waals surface area contributed by atoms with Crippen LogP contribution in [-0.4, -0.2) is 7.11 Å². The molecule has 0 saturated heterocycles. The molecule has 2 rings (SSSR count). The van der Waals surface area contributed by atoms with Crippen LogP contribution in [0.4, 0.5) is 10.1 Å². The first kappa shape index (κ1) is 14.3. The Morgan fingerprint density at radius 2 is 1.95 bits per heavy atom. The van der Waals surface area contributed by atoms with Crippen LogP contribution in [0.5, 0.6) is 5.75 Å². The molecular weight excluding hydrogens is 377 g/mol. The summed E-state index contributed by atoms with van der Waals surface area (Å²) < 4.78 is 20.3. The van der Waals surface area contributed by atoms with Gasteiger partial charge in [0.05, 0.1) is 12.8 Å². The Morgan fingerprint density at radius 3 is 2.68 bits per heavy atom. The van der Waals surface area contributed by atoms with Crippen LogP contribution in [0.3, 0.4) is 0 Å². The molecular formula is C14H12Br2FNO. The molecule has 19 heavy (non-hydrogen) atoms. The van der Waals surface area contributed by atoms with Crippen LogP contribution in [0.25, 0.3) is 0 Å². The largest absolute Gasteiger partial charge is 0.496 e. The third-order valence-corrected chi connectivity index (χ3v) is 3.82. The lowest BCUT2D eigenvalue weighted by Gasteiger charge is -2.12. The lowest BCUT2D eigenvalue weighted by molar-refractivity contribution is 0.410. The molecule has 5 heteroatoms. The van der Waals surface area contributed by atoms with Gasteiger partial charge in [-0.25, -0.2) is 4.39 Å². The van der Waals surface area contributed by atoms with Gasteiger partial charge in [-0.15, -0.1) is 0 Å². The van der Waals surface area contributed by atoms with Gasteiger partial charge in [0.25, 0.3) is 0 Å². The molecule has 0 aliphatic rings. The predicted octanol–water partition coefficient (Wildman–Crippen LogP) is 4.97. The highest BCUT2D eigenvalue weighted by atomic mass is 79.9. The minimum absolute atomic E-state index is 0.271. The van der Waals surface area contributed by atoms with Crippen molar-refractivity contribution in [2.24, 2.45) is 0 Å². The fraction of sp³-hybridized carbons (Fsp3) is 0.143. The number of ether oxygens (including phenoxy) is 1. The zero-order valence-electron chi connectivity index (χ0n) is 10.2. The molecule has 2 aromatic rings. The standard InChI is InChI=1S/C14H12Br2FNO/c1-19-14-5-2-10(15)6-9(14)8-18-13-7-11(17)3-4-12(13)16/h2-7,18H,8H2,1H3. The highest BCUT2D eigenvalue weighted by Gasteiger charge is 2.06. The van der Waals surface area contributed by atoms with Crippen LogP contribution >= 0.6 is 31.9 Å². The van der Waals surface area contributed by atoms with Crippen molar-refractivity contribution < 1.29 is 9.13 Å². The molecule has 0 heterocycles. The van der Waals surface area contributed by atoms with E-state index >= 15 is 0 Å². The monoisotopic (exact) mass is 387 g/mol. The first-order valence-corrected chi connectivity index (χ1v) is 7.20. The van der Waals surface area contributed by atoms with E-state index in [1.807, 2.05) is 18.2 Å². The second kappa shape index (κ2) is 6.39. The smallest absolute Gasteiger partial charge is 0.125 e. The van der Waals surface area contributed by atoms with Crippen molar-refractivity contribution in [3.05, 3.63) is 56.7 Å². The Labute approximate surface area is 128 Å². The van der Waals surface area contributed by atoms with Crippen LogP contribution in [0.2, 0.25) is 0 Å². The zero-order chi connectivity index (χ0) is 13.8. The predicted molar refractivity (Wildman–Crippen MR) is 82.1 cm³/mol. The van der Waals surface area contributed by atoms with Crippen LogP contribution in [-0.2, 0) is 6.54 Å². The van der Waals surface area contributed by atoms with Gasteiger partial charge in [0.15, 0.2) is 0 Å². The van der Waals surface area contributed by atoms with Gasteiger partial charge >= 0.3 is 0 Å². The van der Waals surface area contributed by atoms with Gasteiger partial charge in [-0.2, -0.15) is 0 Å². The quantitative estimate of drug-likeness (QED) is 0.798. The van der Waals surface area contributed by atoms with Gasteiger partial charge in [0.2, 0.25) is 0 Å². The molecule has 0 atom stereocenters. The van der Waals surface area contributed by atoms with E-state index in [2.05, 4.69) is 37.2 Å². The van der Waals surface area contributed by atoms with E-state index in [1.54, 1.807) is 13.2 Å². The molecule has 0 aliphatic carbocycles. The van der Waals surface area contributed by atoms with Gasteiger partial charge in [-0.3, -0.25) is 0 Å². The molecule has 0 saturated carbocycles. The SMILES string of the molecule is COc1ccc(Br)cc1CNc1cc(F)ccc1Br. The molecule has 0 fully saturated rings. The minimum Gasteiger partial charge on any atom is -0.496 e. The maximum Gasteiger partial charge on any atom is 0.125 e. The summed E-state index contributed by atoms with van der Waals surface area (Å²) in [5.74, 6) is 0.523. The summed E-state index contributed by atoms with van der Waals surface area (Å²) in [6.45, 7) is 0.546. The van der Waals surface area contributed by atoms with E-state index in [0.29, 0.717) is 12.2 Å². The number of hydrogen-bond acceptors (Lipinski definition) is 2. The average Bonchev–Trinajstić information content (AvgIpc) is 2.40. The summed E-state index contributed by atoms with van der Waals surface area (Å²) in [6.07, 6.45) is 0. The summed E-state index contributed by atoms with van der Waals surface area (Å²) in [5.41, 5.74) is 1.70. The van der Waals surface area contributed by atoms with Crippen LogP contribution in [0.1, 0.15) is 5.56 Å². The summed E-state index contributed by atoms with van der Waals surface area (Å²) >= 11 is 6.81. The molecule has 2 aromatic carbocycles. The Balaban J connectivity index is 2.18. The van der Waals surface area contributed by atoms with Crippen LogP contribution in [0.15, 0.2) is 45.3 Å². The lowest BCUT2D eigenvalue weighted by atomic mass is 10.2. The number of methoxy groups -OCH3 is 1. The molecule has 0 amide bonds. The first-order chi connectivity index (χ1) is 9.10. The number of anilines is 1. The molecule has 0 bridgehead atoms. The van der Waals surface area contributed by atoms with Crippen molar-refractivity contribution in [3.63, 3.8) is 0 Å². The zero-order valence-corrected chi connectivity index (χ0v) is 13.4. The average molecular weight is 389 g/mol. The molecule has 1 N–H and O–H groups in total. The second-order valence-electron chi connectivity index (χ2n) is 3.93. The summed E-state index contributed by atoms with van der Waals surface area (Å²) in [5, 5.41) is 3.18. The number of rotatable bonds is 4. The van der Waals surface area contributed by atoms with Crippen molar-refractivity contribution in [2.45, 2.75) is 6.54 Å². The van der Waals surface area contributed by atoms with Crippen molar-refractivity contribution in [1.82, 2.24) is 0 Å². The summed E-state index contributed by atoms with van der Waals surface area (Å²) in [4.78, 5) is 0. The second-order valence-corrected chi connectivity index (χ2v) is 5.70. The number of benzene rings is 2. The van der Waals surface area contributed by atoms with Crippen LogP contribution < -0.4 is 10.1 Å². The van der Waals surface area contributed by atoms with Gasteiger partial charge in [-0.1, -0.05) is 15.9 Å². The summed E-state index contributed by atoms with van der Waals surface area (Å²) in [6, 6.07) is 10.3. The molecule has 0 spiro atoms. The molecule has 0 radical (unpaired) electrons. The first-order valence-electron chi connectivity index (χ1n) is 5.61. The van der Waals surface area contributed by atoms with Gasteiger partial charge in [-0.05, 0) is 52.3 Å². The van der Waals surface area contributed by atoms with Gasteiger partial charge in [0.1, 0.15) is 11.6 Å². The van der Waals surface area contributed by atoms with Crippen molar-refractivity contribution >= 4 is 37.5 Å². The lowest BCUT2D eigenvalue weighted by Crippen LogP contribution is -2.02. The minimum atomic E-state index is -0.271. The van der Waals surface area contributed by atoms with Crippen molar-refractivity contribution in [2.75, 3.05) is 12.4 Å². The maximum atomic E-state index is 13.2. The number of hydrogen-bond donors (Lipinski definition) is 1. The van der Waals surface area contributed by atoms with E-state index in [-0.39, 0.29) is 5.82 Å². The Hall–Kier alpha value is -1.07. The fourth-order valence-electron chi connectivity index (χ4n) is 1.71.